The van der Waals surface area contributed by atoms with Gasteiger partial charge in [-0.15, -0.1) is 0 Å². The van der Waals surface area contributed by atoms with Crippen molar-refractivity contribution < 1.29 is 13.9 Å². The van der Waals surface area contributed by atoms with Gasteiger partial charge in [-0.3, -0.25) is 9.36 Å². The molecular weight excluding hydrogens is 393 g/mol. The molecule has 0 aromatic heterocycles. The quantitative estimate of drug-likeness (QED) is 0.373. The van der Waals surface area contributed by atoms with Crippen molar-refractivity contribution >= 4 is 13.0 Å². The first-order valence-electron chi connectivity index (χ1n) is 10.4. The highest BCUT2D eigenvalue weighted by molar-refractivity contribution is 7.74. The molecule has 3 aromatic rings. The van der Waals surface area contributed by atoms with E-state index in [0.717, 1.165) is 16.7 Å². The van der Waals surface area contributed by atoms with Crippen LogP contribution < -0.4 is 0 Å². The topological polar surface area (TPSA) is 46.6 Å². The molecular formula is C25H26NO3P. The van der Waals surface area contributed by atoms with E-state index >= 15 is 0 Å². The highest BCUT2D eigenvalue weighted by Gasteiger charge is 2.54. The second-order valence-electron chi connectivity index (χ2n) is 7.39. The van der Waals surface area contributed by atoms with Crippen LogP contribution in [0.25, 0.3) is 0 Å². The summed E-state index contributed by atoms with van der Waals surface area (Å²) in [5.74, 6) is 0. The number of benzene rings is 3. The third-order valence-electron chi connectivity index (χ3n) is 5.68. The normalized spacial score (nSPS) is 20.0. The summed E-state index contributed by atoms with van der Waals surface area (Å²) < 4.78 is 21.9. The Hall–Kier alpha value is -2.52. The van der Waals surface area contributed by atoms with Crippen molar-refractivity contribution in [1.82, 2.24) is 4.67 Å². The van der Waals surface area contributed by atoms with Gasteiger partial charge in [0.15, 0.2) is 0 Å². The van der Waals surface area contributed by atoms with E-state index in [1.54, 1.807) is 6.92 Å². The third kappa shape index (κ3) is 3.35. The van der Waals surface area contributed by atoms with Crippen LogP contribution in [0.2, 0.25) is 0 Å². The SMILES string of the molecule is CCC(=O)P1(=O)OCCCN1C(c1ccccc1)(c1ccccc1)c1ccccc1. The second kappa shape index (κ2) is 8.69. The molecule has 0 amide bonds. The summed E-state index contributed by atoms with van der Waals surface area (Å²) >= 11 is 0. The van der Waals surface area contributed by atoms with E-state index in [1.165, 1.54) is 0 Å². The lowest BCUT2D eigenvalue weighted by atomic mass is 9.77. The molecule has 1 unspecified atom stereocenters. The standard InChI is InChI=1S/C25H26NO3P/c1-2-24(27)30(28)26(19-12-20-29-30)25(21-13-6-3-7-14-21,22-15-8-4-9-16-22)23-17-10-5-11-18-23/h3-11,13-18H,2,12,19-20H2,1H3. The zero-order valence-electron chi connectivity index (χ0n) is 17.1. The molecule has 0 aliphatic carbocycles. The Morgan fingerprint density at radius 3 is 1.70 bits per heavy atom. The van der Waals surface area contributed by atoms with Crippen LogP contribution in [0.3, 0.4) is 0 Å². The summed E-state index contributed by atoms with van der Waals surface area (Å²) in [6.45, 7) is 2.57. The summed E-state index contributed by atoms with van der Waals surface area (Å²) in [5.41, 5.74) is 1.62. The van der Waals surface area contributed by atoms with E-state index < -0.39 is 13.1 Å². The largest absolute Gasteiger partial charge is 0.338 e. The zero-order chi connectivity index (χ0) is 21.0. The molecule has 0 spiro atoms. The molecule has 0 N–H and O–H groups in total. The van der Waals surface area contributed by atoms with Crippen LogP contribution in [0.1, 0.15) is 36.5 Å². The van der Waals surface area contributed by atoms with E-state index in [0.29, 0.717) is 19.6 Å². The number of carbonyl (C=O) groups is 1. The predicted octanol–water partition coefficient (Wildman–Crippen LogP) is 5.83. The van der Waals surface area contributed by atoms with Gasteiger partial charge in [0.05, 0.1) is 6.61 Å². The van der Waals surface area contributed by atoms with Crippen molar-refractivity contribution in [2.75, 3.05) is 13.2 Å². The Balaban J connectivity index is 2.10. The number of hydrogen-bond donors (Lipinski definition) is 0. The number of hydrogen-bond acceptors (Lipinski definition) is 3. The third-order valence-corrected chi connectivity index (χ3v) is 8.29. The van der Waals surface area contributed by atoms with Crippen LogP contribution in [0.5, 0.6) is 0 Å². The van der Waals surface area contributed by atoms with Crippen LogP contribution >= 0.6 is 7.52 Å². The fourth-order valence-electron chi connectivity index (χ4n) is 4.36. The predicted molar refractivity (Wildman–Crippen MR) is 119 cm³/mol. The van der Waals surface area contributed by atoms with Crippen molar-refractivity contribution in [3.63, 3.8) is 0 Å². The van der Waals surface area contributed by atoms with Gasteiger partial charge >= 0.3 is 7.52 Å². The number of rotatable bonds is 6. The molecule has 1 saturated heterocycles. The van der Waals surface area contributed by atoms with E-state index in [2.05, 4.69) is 0 Å². The fourth-order valence-corrected chi connectivity index (χ4v) is 6.84. The van der Waals surface area contributed by atoms with Crippen molar-refractivity contribution in [3.05, 3.63) is 108 Å². The van der Waals surface area contributed by atoms with E-state index in [4.69, 9.17) is 4.52 Å². The Morgan fingerprint density at radius 1 is 0.867 bits per heavy atom. The Morgan fingerprint density at radius 2 is 1.30 bits per heavy atom. The van der Waals surface area contributed by atoms with Gasteiger partial charge in [0.25, 0.3) is 0 Å². The van der Waals surface area contributed by atoms with Gasteiger partial charge in [0.1, 0.15) is 5.54 Å². The van der Waals surface area contributed by atoms with Crippen LogP contribution in [0.15, 0.2) is 91.0 Å². The van der Waals surface area contributed by atoms with Crippen LogP contribution in [-0.4, -0.2) is 23.3 Å². The monoisotopic (exact) mass is 419 g/mol. The van der Waals surface area contributed by atoms with Gasteiger partial charge in [-0.25, -0.2) is 4.67 Å². The Kier molecular flexibility index (Phi) is 6.01. The molecule has 1 aliphatic rings. The zero-order valence-corrected chi connectivity index (χ0v) is 18.0. The molecule has 0 bridgehead atoms. The average molecular weight is 419 g/mol. The maximum atomic E-state index is 14.2. The summed E-state index contributed by atoms with van der Waals surface area (Å²) in [4.78, 5) is 13.0. The Labute approximate surface area is 178 Å². The number of nitrogens with zero attached hydrogens (tertiary/aromatic N) is 1. The van der Waals surface area contributed by atoms with Gasteiger partial charge in [-0.1, -0.05) is 97.9 Å². The van der Waals surface area contributed by atoms with Crippen LogP contribution in [0.4, 0.5) is 0 Å². The van der Waals surface area contributed by atoms with E-state index in [-0.39, 0.29) is 11.9 Å². The molecule has 154 valence electrons. The molecule has 3 aromatic carbocycles. The maximum Gasteiger partial charge on any atom is 0.338 e. The molecule has 0 radical (unpaired) electrons. The van der Waals surface area contributed by atoms with Gasteiger partial charge in [0, 0.05) is 13.0 Å². The molecule has 1 heterocycles. The molecule has 1 aliphatic heterocycles. The maximum absolute atomic E-state index is 14.2. The second-order valence-corrected chi connectivity index (χ2v) is 9.67. The lowest BCUT2D eigenvalue weighted by Gasteiger charge is -2.49. The van der Waals surface area contributed by atoms with E-state index in [9.17, 15) is 9.36 Å². The minimum atomic E-state index is -3.74. The lowest BCUT2D eigenvalue weighted by Crippen LogP contribution is -2.49. The first-order chi connectivity index (χ1) is 14.6. The van der Waals surface area contributed by atoms with Crippen LogP contribution in [0, 0.1) is 0 Å². The highest BCUT2D eigenvalue weighted by Crippen LogP contribution is 2.62. The van der Waals surface area contributed by atoms with Crippen molar-refractivity contribution in [2.45, 2.75) is 25.3 Å². The summed E-state index contributed by atoms with van der Waals surface area (Å²) in [6, 6.07) is 30.0. The fraction of sp³-hybridized carbons (Fsp3) is 0.240. The summed E-state index contributed by atoms with van der Waals surface area (Å²) in [6.07, 6.45) is 0.872. The van der Waals surface area contributed by atoms with Gasteiger partial charge < -0.3 is 4.52 Å². The average Bonchev–Trinajstić information content (AvgIpc) is 2.82. The van der Waals surface area contributed by atoms with Crippen molar-refractivity contribution in [2.24, 2.45) is 0 Å². The van der Waals surface area contributed by atoms with Gasteiger partial charge in [0.2, 0.25) is 5.52 Å². The van der Waals surface area contributed by atoms with Crippen molar-refractivity contribution in [1.29, 1.82) is 0 Å². The molecule has 1 atom stereocenters. The molecule has 4 nitrogen and oxygen atoms in total. The van der Waals surface area contributed by atoms with Crippen LogP contribution in [-0.2, 0) is 19.4 Å². The summed E-state index contributed by atoms with van der Waals surface area (Å²) in [7, 11) is -3.74. The van der Waals surface area contributed by atoms with Gasteiger partial charge in [-0.2, -0.15) is 0 Å². The molecule has 4 rings (SSSR count). The van der Waals surface area contributed by atoms with Crippen molar-refractivity contribution in [3.8, 4) is 0 Å². The Bertz CT molecular complexity index is 941. The van der Waals surface area contributed by atoms with Gasteiger partial charge in [-0.05, 0) is 23.1 Å². The summed E-state index contributed by atoms with van der Waals surface area (Å²) in [5, 5.41) is 0. The minimum absolute atomic E-state index is 0.169. The number of carbonyl (C=O) groups excluding carboxylic acids is 1. The molecule has 1 fully saturated rings. The highest BCUT2D eigenvalue weighted by atomic mass is 31.2. The molecule has 0 saturated carbocycles. The molecule has 5 heteroatoms. The first-order valence-corrected chi connectivity index (χ1v) is 11.9. The first kappa shape index (κ1) is 20.7. The minimum Gasteiger partial charge on any atom is -0.312 e. The smallest absolute Gasteiger partial charge is 0.312 e. The lowest BCUT2D eigenvalue weighted by molar-refractivity contribution is -0.113. The van der Waals surface area contributed by atoms with E-state index in [1.807, 2.05) is 95.7 Å². The molecule has 30 heavy (non-hydrogen) atoms.